The fraction of sp³-hybridized carbons (Fsp3) is 0.312. The lowest BCUT2D eigenvalue weighted by Crippen LogP contribution is -2.46. The zero-order chi connectivity index (χ0) is 14.8. The summed E-state index contributed by atoms with van der Waals surface area (Å²) in [6.07, 6.45) is 5.73. The lowest BCUT2D eigenvalue weighted by Gasteiger charge is -2.35. The molecular formula is C16H18N6. The first-order chi connectivity index (χ1) is 10.9. The molecule has 1 saturated heterocycles. The van der Waals surface area contributed by atoms with Crippen LogP contribution in [0.5, 0.6) is 0 Å². The second-order valence-corrected chi connectivity index (χ2v) is 5.59. The number of aromatic nitrogens is 4. The molecule has 3 aromatic rings. The standard InChI is InChI=1S/C16H18N6/c1-2-4-15-14(3-1)17-11-16(20-15)22-7-5-21(6-8-22)12-13-9-18-19-10-13/h1-4,9-11H,5-8,12H2,(H,18,19). The molecule has 0 radical (unpaired) electrons. The van der Waals surface area contributed by atoms with Crippen LogP contribution in [0.2, 0.25) is 0 Å². The molecule has 4 rings (SSSR count). The van der Waals surface area contributed by atoms with Crippen molar-refractivity contribution < 1.29 is 0 Å². The highest BCUT2D eigenvalue weighted by Gasteiger charge is 2.18. The summed E-state index contributed by atoms with van der Waals surface area (Å²) in [4.78, 5) is 14.0. The zero-order valence-electron chi connectivity index (χ0n) is 12.3. The Bertz CT molecular complexity index is 746. The van der Waals surface area contributed by atoms with Gasteiger partial charge in [0.15, 0.2) is 0 Å². The van der Waals surface area contributed by atoms with Gasteiger partial charge in [-0.25, -0.2) is 4.98 Å². The number of benzene rings is 1. The van der Waals surface area contributed by atoms with Crippen molar-refractivity contribution in [2.75, 3.05) is 31.1 Å². The maximum atomic E-state index is 4.73. The van der Waals surface area contributed by atoms with Gasteiger partial charge in [-0.2, -0.15) is 5.10 Å². The van der Waals surface area contributed by atoms with Gasteiger partial charge in [0.2, 0.25) is 0 Å². The Morgan fingerprint density at radius 3 is 2.59 bits per heavy atom. The third kappa shape index (κ3) is 2.65. The van der Waals surface area contributed by atoms with Gasteiger partial charge in [0.1, 0.15) is 5.82 Å². The van der Waals surface area contributed by atoms with Crippen LogP contribution in [0.3, 0.4) is 0 Å². The second-order valence-electron chi connectivity index (χ2n) is 5.59. The van der Waals surface area contributed by atoms with Crippen molar-refractivity contribution in [1.29, 1.82) is 0 Å². The number of anilines is 1. The van der Waals surface area contributed by atoms with Crippen LogP contribution in [0.25, 0.3) is 11.0 Å². The fourth-order valence-corrected chi connectivity index (χ4v) is 2.86. The molecule has 1 aliphatic heterocycles. The van der Waals surface area contributed by atoms with E-state index in [2.05, 4.69) is 25.0 Å². The molecule has 0 unspecified atom stereocenters. The van der Waals surface area contributed by atoms with E-state index in [4.69, 9.17) is 4.98 Å². The first kappa shape index (κ1) is 13.2. The molecule has 1 N–H and O–H groups in total. The number of nitrogens with zero attached hydrogens (tertiary/aromatic N) is 5. The van der Waals surface area contributed by atoms with Gasteiger partial charge in [0.25, 0.3) is 0 Å². The minimum atomic E-state index is 0.949. The molecule has 1 aliphatic rings. The summed E-state index contributed by atoms with van der Waals surface area (Å²) in [5.74, 6) is 0.974. The van der Waals surface area contributed by atoms with Crippen LogP contribution < -0.4 is 4.90 Å². The summed E-state index contributed by atoms with van der Waals surface area (Å²) >= 11 is 0. The van der Waals surface area contributed by atoms with Gasteiger partial charge in [0.05, 0.1) is 23.4 Å². The number of para-hydroxylation sites is 2. The van der Waals surface area contributed by atoms with E-state index in [0.29, 0.717) is 0 Å². The minimum absolute atomic E-state index is 0.949. The molecule has 6 nitrogen and oxygen atoms in total. The second kappa shape index (κ2) is 5.73. The summed E-state index contributed by atoms with van der Waals surface area (Å²) in [5, 5.41) is 6.86. The van der Waals surface area contributed by atoms with Gasteiger partial charge in [-0.1, -0.05) is 12.1 Å². The van der Waals surface area contributed by atoms with Crippen molar-refractivity contribution in [3.63, 3.8) is 0 Å². The van der Waals surface area contributed by atoms with Gasteiger partial charge < -0.3 is 4.90 Å². The molecule has 0 saturated carbocycles. The Kier molecular flexibility index (Phi) is 3.44. The molecule has 0 aliphatic carbocycles. The first-order valence-corrected chi connectivity index (χ1v) is 7.55. The molecule has 112 valence electrons. The van der Waals surface area contributed by atoms with Crippen LogP contribution in [-0.4, -0.2) is 51.2 Å². The summed E-state index contributed by atoms with van der Waals surface area (Å²) in [6.45, 7) is 4.96. The first-order valence-electron chi connectivity index (χ1n) is 7.55. The molecular weight excluding hydrogens is 276 g/mol. The van der Waals surface area contributed by atoms with E-state index in [1.54, 1.807) is 0 Å². The van der Waals surface area contributed by atoms with Gasteiger partial charge in [-0.15, -0.1) is 0 Å². The summed E-state index contributed by atoms with van der Waals surface area (Å²) in [5.41, 5.74) is 3.14. The zero-order valence-corrected chi connectivity index (χ0v) is 12.3. The molecule has 0 amide bonds. The monoisotopic (exact) mass is 294 g/mol. The molecule has 1 fully saturated rings. The molecule has 6 heteroatoms. The number of hydrogen-bond donors (Lipinski definition) is 1. The van der Waals surface area contributed by atoms with E-state index in [0.717, 1.165) is 49.6 Å². The Morgan fingerprint density at radius 1 is 1.00 bits per heavy atom. The molecule has 22 heavy (non-hydrogen) atoms. The van der Waals surface area contributed by atoms with Crippen LogP contribution >= 0.6 is 0 Å². The lowest BCUT2D eigenvalue weighted by molar-refractivity contribution is 0.249. The topological polar surface area (TPSA) is 60.9 Å². The van der Waals surface area contributed by atoms with E-state index in [1.807, 2.05) is 42.9 Å². The van der Waals surface area contributed by atoms with E-state index in [-0.39, 0.29) is 0 Å². The predicted octanol–water partition coefficient (Wildman–Crippen LogP) is 1.68. The highest BCUT2D eigenvalue weighted by Crippen LogP contribution is 2.17. The van der Waals surface area contributed by atoms with Crippen LogP contribution in [0.1, 0.15) is 5.56 Å². The largest absolute Gasteiger partial charge is 0.353 e. The predicted molar refractivity (Wildman–Crippen MR) is 85.6 cm³/mol. The third-order valence-corrected chi connectivity index (χ3v) is 4.09. The summed E-state index contributed by atoms with van der Waals surface area (Å²) in [6, 6.07) is 8.00. The molecule has 0 atom stereocenters. The van der Waals surface area contributed by atoms with E-state index >= 15 is 0 Å². The number of aromatic amines is 1. The number of rotatable bonds is 3. The Labute approximate surface area is 128 Å². The summed E-state index contributed by atoms with van der Waals surface area (Å²) < 4.78 is 0. The van der Waals surface area contributed by atoms with Crippen molar-refractivity contribution in [3.05, 3.63) is 48.4 Å². The quantitative estimate of drug-likeness (QED) is 0.796. The van der Waals surface area contributed by atoms with Crippen molar-refractivity contribution in [2.24, 2.45) is 0 Å². The van der Waals surface area contributed by atoms with Crippen LogP contribution in [0.15, 0.2) is 42.9 Å². The van der Waals surface area contributed by atoms with Crippen LogP contribution in [-0.2, 0) is 6.54 Å². The number of piperazine rings is 1. The minimum Gasteiger partial charge on any atom is -0.353 e. The smallest absolute Gasteiger partial charge is 0.147 e. The molecule has 3 heterocycles. The van der Waals surface area contributed by atoms with Crippen molar-refractivity contribution in [2.45, 2.75) is 6.54 Å². The number of nitrogens with one attached hydrogen (secondary N) is 1. The number of fused-ring (bicyclic) bond motifs is 1. The van der Waals surface area contributed by atoms with E-state index in [1.165, 1.54) is 5.56 Å². The highest BCUT2D eigenvalue weighted by atomic mass is 15.3. The highest BCUT2D eigenvalue weighted by molar-refractivity contribution is 5.75. The molecule has 1 aromatic carbocycles. The number of H-pyrrole nitrogens is 1. The van der Waals surface area contributed by atoms with Crippen LogP contribution in [0.4, 0.5) is 5.82 Å². The van der Waals surface area contributed by atoms with Gasteiger partial charge in [-0.05, 0) is 12.1 Å². The van der Waals surface area contributed by atoms with Gasteiger partial charge in [0, 0.05) is 44.5 Å². The number of hydrogen-bond acceptors (Lipinski definition) is 5. The fourth-order valence-electron chi connectivity index (χ4n) is 2.86. The normalized spacial score (nSPS) is 16.3. The van der Waals surface area contributed by atoms with Crippen molar-refractivity contribution in [3.8, 4) is 0 Å². The average Bonchev–Trinajstić information content (AvgIpc) is 3.08. The van der Waals surface area contributed by atoms with Crippen molar-refractivity contribution in [1.82, 2.24) is 25.1 Å². The van der Waals surface area contributed by atoms with Crippen molar-refractivity contribution >= 4 is 16.9 Å². The SMILES string of the molecule is c1ccc2nc(N3CCN(Cc4cn[nH]c4)CC3)cnc2c1. The maximum Gasteiger partial charge on any atom is 0.147 e. The van der Waals surface area contributed by atoms with Gasteiger partial charge >= 0.3 is 0 Å². The Hall–Kier alpha value is -2.47. The molecule has 2 aromatic heterocycles. The maximum absolute atomic E-state index is 4.73. The molecule has 0 spiro atoms. The van der Waals surface area contributed by atoms with Crippen LogP contribution in [0, 0.1) is 0 Å². The lowest BCUT2D eigenvalue weighted by atomic mass is 10.2. The third-order valence-electron chi connectivity index (χ3n) is 4.09. The van der Waals surface area contributed by atoms with E-state index in [9.17, 15) is 0 Å². The molecule has 0 bridgehead atoms. The van der Waals surface area contributed by atoms with E-state index < -0.39 is 0 Å². The van der Waals surface area contributed by atoms with Gasteiger partial charge in [-0.3, -0.25) is 15.0 Å². The Morgan fingerprint density at radius 2 is 1.82 bits per heavy atom. The Balaban J connectivity index is 1.43. The summed E-state index contributed by atoms with van der Waals surface area (Å²) in [7, 11) is 0. The average molecular weight is 294 g/mol.